The van der Waals surface area contributed by atoms with E-state index in [2.05, 4.69) is 59.5 Å². The highest BCUT2D eigenvalue weighted by molar-refractivity contribution is 6.30. The lowest BCUT2D eigenvalue weighted by Gasteiger charge is -2.22. The number of aromatic nitrogens is 1. The number of ether oxygens (including phenoxy) is 1. The molecule has 1 atom stereocenters. The number of methoxy groups -OCH3 is 1. The van der Waals surface area contributed by atoms with Crippen molar-refractivity contribution < 1.29 is 4.74 Å². The third-order valence-electron chi connectivity index (χ3n) is 4.85. The van der Waals surface area contributed by atoms with Gasteiger partial charge in [0.25, 0.3) is 0 Å². The van der Waals surface area contributed by atoms with E-state index in [9.17, 15) is 0 Å². The first-order valence-corrected chi connectivity index (χ1v) is 9.24. The van der Waals surface area contributed by atoms with Crippen molar-refractivity contribution in [2.45, 2.75) is 6.04 Å². The molecule has 0 aliphatic carbocycles. The van der Waals surface area contributed by atoms with Crippen molar-refractivity contribution in [2.75, 3.05) is 12.4 Å². The summed E-state index contributed by atoms with van der Waals surface area (Å²) in [6, 6.07) is 24.4. The Morgan fingerprint density at radius 2 is 1.63 bits per heavy atom. The topological polar surface area (TPSA) is 26.2 Å². The molecule has 1 heterocycles. The van der Waals surface area contributed by atoms with Crippen molar-refractivity contribution in [1.82, 2.24) is 4.57 Å². The Labute approximate surface area is 164 Å². The molecule has 0 aliphatic heterocycles. The van der Waals surface area contributed by atoms with Crippen molar-refractivity contribution in [3.63, 3.8) is 0 Å². The first-order valence-electron chi connectivity index (χ1n) is 8.86. The molecule has 3 aromatic carbocycles. The van der Waals surface area contributed by atoms with Crippen LogP contribution in [0.15, 0.2) is 79.0 Å². The van der Waals surface area contributed by atoms with E-state index < -0.39 is 0 Å². The number of rotatable bonds is 5. The molecule has 4 rings (SSSR count). The number of nitrogens with zero attached hydrogens (tertiary/aromatic N) is 1. The molecule has 0 saturated heterocycles. The summed E-state index contributed by atoms with van der Waals surface area (Å²) >= 11 is 6.12. The van der Waals surface area contributed by atoms with Crippen LogP contribution in [-0.2, 0) is 7.05 Å². The van der Waals surface area contributed by atoms with Gasteiger partial charge in [0.05, 0.1) is 18.8 Å². The molecule has 0 radical (unpaired) electrons. The molecule has 1 aromatic heterocycles. The summed E-state index contributed by atoms with van der Waals surface area (Å²) in [5.41, 5.74) is 4.50. The van der Waals surface area contributed by atoms with Gasteiger partial charge in [-0.25, -0.2) is 0 Å². The van der Waals surface area contributed by atoms with Gasteiger partial charge in [-0.15, -0.1) is 0 Å². The van der Waals surface area contributed by atoms with Gasteiger partial charge in [-0.05, 0) is 35.9 Å². The summed E-state index contributed by atoms with van der Waals surface area (Å²) in [5, 5.41) is 5.63. The van der Waals surface area contributed by atoms with E-state index in [1.54, 1.807) is 7.11 Å². The molecular weight excluding hydrogens is 356 g/mol. The zero-order valence-corrected chi connectivity index (χ0v) is 16.1. The third-order valence-corrected chi connectivity index (χ3v) is 5.10. The zero-order valence-electron chi connectivity index (χ0n) is 15.3. The zero-order chi connectivity index (χ0) is 18.8. The van der Waals surface area contributed by atoms with Gasteiger partial charge in [0.2, 0.25) is 0 Å². The SMILES string of the molecule is COc1ccccc1NC(c1ccc(Cl)cc1)c1cn(C)c2ccccc12. The van der Waals surface area contributed by atoms with Crippen molar-refractivity contribution in [3.8, 4) is 5.75 Å². The monoisotopic (exact) mass is 376 g/mol. The van der Waals surface area contributed by atoms with Crippen LogP contribution in [0.1, 0.15) is 17.2 Å². The highest BCUT2D eigenvalue weighted by Crippen LogP contribution is 2.35. The number of hydrogen-bond acceptors (Lipinski definition) is 2. The third kappa shape index (κ3) is 3.38. The Morgan fingerprint density at radius 1 is 0.926 bits per heavy atom. The van der Waals surface area contributed by atoms with Crippen LogP contribution in [0.25, 0.3) is 10.9 Å². The smallest absolute Gasteiger partial charge is 0.141 e. The van der Waals surface area contributed by atoms with Gasteiger partial charge in [-0.1, -0.05) is 54.1 Å². The van der Waals surface area contributed by atoms with E-state index in [1.165, 1.54) is 16.5 Å². The number of benzene rings is 3. The first-order chi connectivity index (χ1) is 13.2. The number of nitrogens with one attached hydrogen (secondary N) is 1. The standard InChI is InChI=1S/C23H21ClN2O/c1-26-15-19(18-7-3-5-9-21(18)26)23(16-11-13-17(24)14-12-16)25-20-8-4-6-10-22(20)27-2/h3-15,23,25H,1-2H3. The molecule has 0 bridgehead atoms. The van der Waals surface area contributed by atoms with Crippen molar-refractivity contribution >= 4 is 28.2 Å². The van der Waals surface area contributed by atoms with E-state index in [0.717, 1.165) is 22.0 Å². The van der Waals surface area contributed by atoms with Gasteiger partial charge in [0, 0.05) is 34.7 Å². The second kappa shape index (κ2) is 7.37. The molecule has 4 heteroatoms. The van der Waals surface area contributed by atoms with Gasteiger partial charge in [0.15, 0.2) is 0 Å². The molecule has 27 heavy (non-hydrogen) atoms. The maximum absolute atomic E-state index is 6.12. The van der Waals surface area contributed by atoms with Crippen molar-refractivity contribution in [2.24, 2.45) is 7.05 Å². The lowest BCUT2D eigenvalue weighted by Crippen LogP contribution is -2.13. The normalized spacial score (nSPS) is 12.1. The van der Waals surface area contributed by atoms with Crippen LogP contribution in [0.3, 0.4) is 0 Å². The molecule has 4 aromatic rings. The van der Waals surface area contributed by atoms with Gasteiger partial charge in [-0.3, -0.25) is 0 Å². The highest BCUT2D eigenvalue weighted by atomic mass is 35.5. The van der Waals surface area contributed by atoms with Crippen LogP contribution in [0.5, 0.6) is 5.75 Å². The summed E-state index contributed by atoms with van der Waals surface area (Å²) in [6.45, 7) is 0. The molecule has 0 saturated carbocycles. The molecule has 3 nitrogen and oxygen atoms in total. The van der Waals surface area contributed by atoms with E-state index in [4.69, 9.17) is 16.3 Å². The average Bonchev–Trinajstić information content (AvgIpc) is 3.04. The van der Waals surface area contributed by atoms with E-state index in [0.29, 0.717) is 0 Å². The van der Waals surface area contributed by atoms with E-state index >= 15 is 0 Å². The Hall–Kier alpha value is -2.91. The first kappa shape index (κ1) is 17.5. The molecule has 0 spiro atoms. The number of anilines is 1. The van der Waals surface area contributed by atoms with Crippen molar-refractivity contribution in [1.29, 1.82) is 0 Å². The quantitative estimate of drug-likeness (QED) is 0.459. The lowest BCUT2D eigenvalue weighted by molar-refractivity contribution is 0.416. The van der Waals surface area contributed by atoms with Crippen LogP contribution in [-0.4, -0.2) is 11.7 Å². The fourth-order valence-corrected chi connectivity index (χ4v) is 3.64. The second-order valence-electron chi connectivity index (χ2n) is 6.54. The van der Waals surface area contributed by atoms with Gasteiger partial charge >= 0.3 is 0 Å². The lowest BCUT2D eigenvalue weighted by atomic mass is 9.97. The fraction of sp³-hybridized carbons (Fsp3) is 0.130. The molecule has 0 amide bonds. The van der Waals surface area contributed by atoms with Crippen LogP contribution in [0, 0.1) is 0 Å². The highest BCUT2D eigenvalue weighted by Gasteiger charge is 2.20. The van der Waals surface area contributed by atoms with Crippen molar-refractivity contribution in [3.05, 3.63) is 95.1 Å². The molecule has 1 unspecified atom stereocenters. The van der Waals surface area contributed by atoms with E-state index in [-0.39, 0.29) is 6.04 Å². The number of fused-ring (bicyclic) bond motifs is 1. The van der Waals surface area contributed by atoms with Gasteiger partial charge in [0.1, 0.15) is 5.75 Å². The maximum Gasteiger partial charge on any atom is 0.141 e. The van der Waals surface area contributed by atoms with Crippen LogP contribution in [0.2, 0.25) is 5.02 Å². The summed E-state index contributed by atoms with van der Waals surface area (Å²) in [6.07, 6.45) is 2.19. The summed E-state index contributed by atoms with van der Waals surface area (Å²) < 4.78 is 7.71. The Balaban J connectivity index is 1.86. The molecular formula is C23H21ClN2O. The van der Waals surface area contributed by atoms with Gasteiger partial charge in [-0.2, -0.15) is 0 Å². The number of hydrogen-bond donors (Lipinski definition) is 1. The number of halogens is 1. The largest absolute Gasteiger partial charge is 0.495 e. The maximum atomic E-state index is 6.12. The number of aryl methyl sites for hydroxylation is 1. The average molecular weight is 377 g/mol. The Bertz CT molecular complexity index is 1070. The van der Waals surface area contributed by atoms with Crippen LogP contribution in [0.4, 0.5) is 5.69 Å². The van der Waals surface area contributed by atoms with Crippen LogP contribution >= 0.6 is 11.6 Å². The predicted octanol–water partition coefficient (Wildman–Crippen LogP) is 6.04. The molecule has 1 N–H and O–H groups in total. The molecule has 0 fully saturated rings. The molecule has 0 aliphatic rings. The Morgan fingerprint density at radius 3 is 2.41 bits per heavy atom. The van der Waals surface area contributed by atoms with Gasteiger partial charge < -0.3 is 14.6 Å². The summed E-state index contributed by atoms with van der Waals surface area (Å²) in [4.78, 5) is 0. The minimum Gasteiger partial charge on any atom is -0.495 e. The second-order valence-corrected chi connectivity index (χ2v) is 6.98. The fourth-order valence-electron chi connectivity index (χ4n) is 3.52. The summed E-state index contributed by atoms with van der Waals surface area (Å²) in [7, 11) is 3.77. The van der Waals surface area contributed by atoms with E-state index in [1.807, 2.05) is 36.4 Å². The van der Waals surface area contributed by atoms with Crippen LogP contribution < -0.4 is 10.1 Å². The predicted molar refractivity (Wildman–Crippen MR) is 113 cm³/mol. The molecule has 136 valence electrons. The Kier molecular flexibility index (Phi) is 4.78. The number of para-hydroxylation sites is 3. The summed E-state index contributed by atoms with van der Waals surface area (Å²) in [5.74, 6) is 0.816. The minimum atomic E-state index is -0.0373. The minimum absolute atomic E-state index is 0.0373.